The van der Waals surface area contributed by atoms with E-state index in [1.807, 2.05) is 24.3 Å². The minimum absolute atomic E-state index is 1.15. The summed E-state index contributed by atoms with van der Waals surface area (Å²) in [6.07, 6.45) is 9.16. The van der Waals surface area contributed by atoms with Gasteiger partial charge in [-0.25, -0.2) is 0 Å². The number of rotatable bonds is 2. The van der Waals surface area contributed by atoms with Crippen molar-refractivity contribution < 1.29 is 0 Å². The lowest BCUT2D eigenvalue weighted by atomic mass is 10.2. The van der Waals surface area contributed by atoms with Crippen LogP contribution in [0.2, 0.25) is 0 Å². The summed E-state index contributed by atoms with van der Waals surface area (Å²) in [5.74, 6) is 0. The molecule has 0 amide bonds. The van der Waals surface area contributed by atoms with Crippen LogP contribution in [0.3, 0.4) is 0 Å². The topological polar surface area (TPSA) is 12.9 Å². The monoisotopic (exact) mass is 131 g/mol. The van der Waals surface area contributed by atoms with Crippen LogP contribution in [-0.2, 0) is 0 Å². The Balaban J connectivity index is 2.76. The maximum atomic E-state index is 3.89. The first kappa shape index (κ1) is 6.75. The van der Waals surface area contributed by atoms with E-state index in [2.05, 4.69) is 11.6 Å². The van der Waals surface area contributed by atoms with Crippen molar-refractivity contribution in [3.05, 3.63) is 48.8 Å². The molecule has 1 aromatic rings. The van der Waals surface area contributed by atoms with E-state index in [-0.39, 0.29) is 0 Å². The largest absolute Gasteiger partial charge is 0.265 e. The summed E-state index contributed by atoms with van der Waals surface area (Å²) in [7, 11) is 0. The second kappa shape index (κ2) is 3.62. The van der Waals surface area contributed by atoms with E-state index in [9.17, 15) is 0 Å². The molecule has 0 atom stereocenters. The van der Waals surface area contributed by atoms with Crippen molar-refractivity contribution in [2.45, 2.75) is 0 Å². The molecule has 0 aliphatic heterocycles. The van der Waals surface area contributed by atoms with Crippen molar-refractivity contribution in [2.24, 2.45) is 0 Å². The van der Waals surface area contributed by atoms with Gasteiger partial charge in [0.2, 0.25) is 0 Å². The van der Waals surface area contributed by atoms with Crippen LogP contribution in [-0.4, -0.2) is 4.98 Å². The van der Waals surface area contributed by atoms with E-state index in [1.165, 1.54) is 0 Å². The number of nitrogens with zero attached hydrogens (tertiary/aromatic N) is 1. The molecular formula is C9H9N. The number of allylic oxidation sites excluding steroid dienone is 2. The molecule has 0 fully saturated rings. The highest BCUT2D eigenvalue weighted by atomic mass is 14.6. The number of hydrogen-bond donors (Lipinski definition) is 0. The van der Waals surface area contributed by atoms with E-state index in [4.69, 9.17) is 0 Å². The predicted octanol–water partition coefficient (Wildman–Crippen LogP) is 2.28. The lowest BCUT2D eigenvalue weighted by Crippen LogP contribution is -1.70. The Labute approximate surface area is 60.7 Å². The molecule has 0 bridgehead atoms. The second-order valence-electron chi connectivity index (χ2n) is 1.88. The zero-order valence-corrected chi connectivity index (χ0v) is 5.70. The first-order chi connectivity index (χ1) is 4.93. The fourth-order valence-electron chi connectivity index (χ4n) is 0.654. The molecule has 0 aromatic carbocycles. The van der Waals surface area contributed by atoms with Crippen LogP contribution in [0.1, 0.15) is 5.56 Å². The zero-order valence-electron chi connectivity index (χ0n) is 5.70. The Morgan fingerprint density at radius 1 is 1.30 bits per heavy atom. The molecule has 0 saturated heterocycles. The third kappa shape index (κ3) is 1.86. The van der Waals surface area contributed by atoms with Gasteiger partial charge in [0.25, 0.3) is 0 Å². The number of aromatic nitrogens is 1. The summed E-state index contributed by atoms with van der Waals surface area (Å²) in [5, 5.41) is 0. The number of pyridine rings is 1. The average molecular weight is 131 g/mol. The molecule has 0 aliphatic rings. The van der Waals surface area contributed by atoms with Gasteiger partial charge in [-0.15, -0.1) is 0 Å². The predicted molar refractivity (Wildman–Crippen MR) is 43.5 cm³/mol. The van der Waals surface area contributed by atoms with Gasteiger partial charge in [0, 0.05) is 12.4 Å². The normalized spacial score (nSPS) is 10.0. The fraction of sp³-hybridized carbons (Fsp3) is 0. The Hall–Kier alpha value is -1.37. The third-order valence-electron chi connectivity index (χ3n) is 1.13. The zero-order chi connectivity index (χ0) is 7.23. The van der Waals surface area contributed by atoms with Crippen LogP contribution in [0.15, 0.2) is 43.3 Å². The van der Waals surface area contributed by atoms with E-state index >= 15 is 0 Å². The molecule has 1 heteroatoms. The molecule has 0 aliphatic carbocycles. The molecule has 1 rings (SSSR count). The third-order valence-corrected chi connectivity index (χ3v) is 1.13. The summed E-state index contributed by atoms with van der Waals surface area (Å²) < 4.78 is 0. The smallest absolute Gasteiger partial charge is 0.0273 e. The highest BCUT2D eigenvalue weighted by molar-refractivity contribution is 5.49. The Kier molecular flexibility index (Phi) is 2.44. The first-order valence-corrected chi connectivity index (χ1v) is 3.12. The number of hydrogen-bond acceptors (Lipinski definition) is 1. The molecule has 0 saturated carbocycles. The van der Waals surface area contributed by atoms with Crippen LogP contribution in [0.25, 0.3) is 6.08 Å². The van der Waals surface area contributed by atoms with E-state index < -0.39 is 0 Å². The molecule has 0 spiro atoms. The molecular weight excluding hydrogens is 122 g/mol. The molecule has 1 aromatic heterocycles. The van der Waals surface area contributed by atoms with Gasteiger partial charge in [0.05, 0.1) is 0 Å². The summed E-state index contributed by atoms with van der Waals surface area (Å²) in [6, 6.07) is 3.89. The SMILES string of the molecule is C=C/C=C\c1ccncc1. The van der Waals surface area contributed by atoms with Crippen molar-refractivity contribution in [3.8, 4) is 0 Å². The van der Waals surface area contributed by atoms with Gasteiger partial charge in [-0.2, -0.15) is 0 Å². The van der Waals surface area contributed by atoms with Crippen molar-refractivity contribution in [1.29, 1.82) is 0 Å². The summed E-state index contributed by atoms with van der Waals surface area (Å²) in [5.41, 5.74) is 1.15. The lowest BCUT2D eigenvalue weighted by Gasteiger charge is -1.86. The molecule has 50 valence electrons. The highest BCUT2D eigenvalue weighted by Gasteiger charge is 1.79. The van der Waals surface area contributed by atoms with Crippen molar-refractivity contribution >= 4 is 6.08 Å². The minimum Gasteiger partial charge on any atom is -0.265 e. The second-order valence-corrected chi connectivity index (χ2v) is 1.88. The van der Waals surface area contributed by atoms with Crippen LogP contribution in [0.4, 0.5) is 0 Å². The minimum atomic E-state index is 1.15. The molecule has 0 N–H and O–H groups in total. The highest BCUT2D eigenvalue weighted by Crippen LogP contribution is 1.97. The van der Waals surface area contributed by atoms with Crippen molar-refractivity contribution in [2.75, 3.05) is 0 Å². The van der Waals surface area contributed by atoms with Gasteiger partial charge in [-0.05, 0) is 17.7 Å². The van der Waals surface area contributed by atoms with Crippen LogP contribution < -0.4 is 0 Å². The van der Waals surface area contributed by atoms with Crippen LogP contribution >= 0.6 is 0 Å². The maximum absolute atomic E-state index is 3.89. The molecule has 0 radical (unpaired) electrons. The Morgan fingerprint density at radius 3 is 2.60 bits per heavy atom. The Bertz CT molecular complexity index is 224. The van der Waals surface area contributed by atoms with Crippen molar-refractivity contribution in [3.63, 3.8) is 0 Å². The van der Waals surface area contributed by atoms with Gasteiger partial charge in [-0.1, -0.05) is 24.8 Å². The van der Waals surface area contributed by atoms with Crippen molar-refractivity contribution in [1.82, 2.24) is 4.98 Å². The molecule has 1 nitrogen and oxygen atoms in total. The summed E-state index contributed by atoms with van der Waals surface area (Å²) in [4.78, 5) is 3.89. The van der Waals surface area contributed by atoms with E-state index in [0.717, 1.165) is 5.56 Å². The van der Waals surface area contributed by atoms with E-state index in [0.29, 0.717) is 0 Å². The summed E-state index contributed by atoms with van der Waals surface area (Å²) >= 11 is 0. The average Bonchev–Trinajstić information content (AvgIpc) is 2.03. The molecule has 10 heavy (non-hydrogen) atoms. The first-order valence-electron chi connectivity index (χ1n) is 3.12. The van der Waals surface area contributed by atoms with Gasteiger partial charge < -0.3 is 0 Å². The van der Waals surface area contributed by atoms with Gasteiger partial charge in [0.15, 0.2) is 0 Å². The van der Waals surface area contributed by atoms with Crippen LogP contribution in [0.5, 0.6) is 0 Å². The quantitative estimate of drug-likeness (QED) is 0.561. The van der Waals surface area contributed by atoms with Crippen LogP contribution in [0, 0.1) is 0 Å². The Morgan fingerprint density at radius 2 is 2.00 bits per heavy atom. The fourth-order valence-corrected chi connectivity index (χ4v) is 0.654. The lowest BCUT2D eigenvalue weighted by molar-refractivity contribution is 1.32. The summed E-state index contributed by atoms with van der Waals surface area (Å²) in [6.45, 7) is 3.57. The van der Waals surface area contributed by atoms with Gasteiger partial charge in [-0.3, -0.25) is 4.98 Å². The van der Waals surface area contributed by atoms with E-state index in [1.54, 1.807) is 18.5 Å². The maximum Gasteiger partial charge on any atom is 0.0273 e. The molecule has 1 heterocycles. The molecule has 0 unspecified atom stereocenters. The standard InChI is InChI=1S/C9H9N/c1-2-3-4-9-5-7-10-8-6-9/h2-8H,1H2/b4-3-. The van der Waals surface area contributed by atoms with Gasteiger partial charge in [0.1, 0.15) is 0 Å². The van der Waals surface area contributed by atoms with Gasteiger partial charge >= 0.3 is 0 Å².